The minimum absolute atomic E-state index is 0.356. The summed E-state index contributed by atoms with van der Waals surface area (Å²) >= 11 is 0. The smallest absolute Gasteiger partial charge is 0.338 e. The van der Waals surface area contributed by atoms with Crippen LogP contribution in [0.5, 0.6) is 0 Å². The van der Waals surface area contributed by atoms with Gasteiger partial charge in [0.05, 0.1) is 5.56 Å². The Bertz CT molecular complexity index is 519. The second kappa shape index (κ2) is 5.29. The number of benzene rings is 1. The summed E-state index contributed by atoms with van der Waals surface area (Å²) < 4.78 is 34.1. The summed E-state index contributed by atoms with van der Waals surface area (Å²) in [7, 11) is -4.10. The summed E-state index contributed by atoms with van der Waals surface area (Å²) in [5, 5.41) is 0. The predicted molar refractivity (Wildman–Crippen MR) is 62.6 cm³/mol. The number of hydrogen-bond acceptors (Lipinski definition) is 4. The lowest BCUT2D eigenvalue weighted by Crippen LogP contribution is -2.15. The fraction of sp³-hybridized carbons (Fsp3) is 0.364. The molecule has 0 amide bonds. The van der Waals surface area contributed by atoms with E-state index in [4.69, 9.17) is 9.29 Å². The maximum Gasteiger partial charge on any atom is 0.338 e. The Morgan fingerprint density at radius 2 is 2.00 bits per heavy atom. The van der Waals surface area contributed by atoms with E-state index in [9.17, 15) is 13.2 Å². The molecule has 6 heteroatoms. The molecule has 0 unspecified atom stereocenters. The Morgan fingerprint density at radius 3 is 2.59 bits per heavy atom. The van der Waals surface area contributed by atoms with Crippen LogP contribution in [0, 0.1) is 13.8 Å². The number of aryl methyl sites for hydroxylation is 1. The van der Waals surface area contributed by atoms with Gasteiger partial charge in [0.15, 0.2) is 0 Å². The Balaban J connectivity index is 2.68. The van der Waals surface area contributed by atoms with E-state index in [1.165, 1.54) is 0 Å². The zero-order valence-corrected chi connectivity index (χ0v) is 10.5. The molecule has 0 saturated heterocycles. The second-order valence-electron chi connectivity index (χ2n) is 3.67. The highest BCUT2D eigenvalue weighted by Crippen LogP contribution is 2.13. The van der Waals surface area contributed by atoms with Crippen molar-refractivity contribution >= 4 is 16.1 Å². The first kappa shape index (κ1) is 13.7. The van der Waals surface area contributed by atoms with E-state index in [1.54, 1.807) is 19.1 Å². The van der Waals surface area contributed by atoms with Crippen molar-refractivity contribution in [2.45, 2.75) is 13.8 Å². The molecule has 0 atom stereocenters. The normalized spacial score (nSPS) is 11.2. The van der Waals surface area contributed by atoms with Gasteiger partial charge in [-0.2, -0.15) is 8.42 Å². The third-order valence-electron chi connectivity index (χ3n) is 2.40. The van der Waals surface area contributed by atoms with Crippen LogP contribution in [0.2, 0.25) is 0 Å². The van der Waals surface area contributed by atoms with E-state index in [2.05, 4.69) is 0 Å². The van der Waals surface area contributed by atoms with Crippen LogP contribution in [0.4, 0.5) is 0 Å². The number of carbonyl (C=O) groups excluding carboxylic acids is 1. The van der Waals surface area contributed by atoms with Crippen LogP contribution < -0.4 is 0 Å². The van der Waals surface area contributed by atoms with Crippen molar-refractivity contribution in [3.8, 4) is 0 Å². The van der Waals surface area contributed by atoms with E-state index in [1.807, 2.05) is 13.0 Å². The second-order valence-corrected chi connectivity index (χ2v) is 5.24. The van der Waals surface area contributed by atoms with E-state index in [0.717, 1.165) is 11.1 Å². The zero-order chi connectivity index (χ0) is 13.1. The molecular weight excluding hydrogens is 244 g/mol. The largest absolute Gasteiger partial charge is 0.461 e. The minimum atomic E-state index is -4.10. The fourth-order valence-electron chi connectivity index (χ4n) is 1.29. The molecule has 1 rings (SSSR count). The van der Waals surface area contributed by atoms with Crippen molar-refractivity contribution in [3.63, 3.8) is 0 Å². The predicted octanol–water partition coefficient (Wildman–Crippen LogP) is 1.35. The molecule has 0 heterocycles. The molecule has 17 heavy (non-hydrogen) atoms. The molecule has 1 aromatic rings. The van der Waals surface area contributed by atoms with Gasteiger partial charge in [-0.15, -0.1) is 0 Å². The average Bonchev–Trinajstić information content (AvgIpc) is 2.20. The van der Waals surface area contributed by atoms with Gasteiger partial charge >= 0.3 is 5.97 Å². The molecule has 0 saturated carbocycles. The monoisotopic (exact) mass is 258 g/mol. The summed E-state index contributed by atoms with van der Waals surface area (Å²) in [6.45, 7) is 3.30. The highest BCUT2D eigenvalue weighted by Gasteiger charge is 2.13. The van der Waals surface area contributed by atoms with Gasteiger partial charge in [-0.3, -0.25) is 4.55 Å². The molecule has 0 aliphatic heterocycles. The molecule has 94 valence electrons. The lowest BCUT2D eigenvalue weighted by molar-refractivity contribution is 0.0527. The highest BCUT2D eigenvalue weighted by molar-refractivity contribution is 7.85. The van der Waals surface area contributed by atoms with Crippen LogP contribution in [-0.4, -0.2) is 31.3 Å². The number of ether oxygens (including phenoxy) is 1. The van der Waals surface area contributed by atoms with Crippen LogP contribution in [-0.2, 0) is 14.9 Å². The van der Waals surface area contributed by atoms with Crippen molar-refractivity contribution in [1.82, 2.24) is 0 Å². The van der Waals surface area contributed by atoms with Gasteiger partial charge in [0.1, 0.15) is 12.4 Å². The molecule has 0 fully saturated rings. The van der Waals surface area contributed by atoms with E-state index < -0.39 is 21.8 Å². The van der Waals surface area contributed by atoms with Crippen LogP contribution in [0.15, 0.2) is 18.2 Å². The van der Waals surface area contributed by atoms with E-state index >= 15 is 0 Å². The van der Waals surface area contributed by atoms with Gasteiger partial charge in [-0.1, -0.05) is 12.1 Å². The maximum atomic E-state index is 11.6. The molecule has 0 bridgehead atoms. The summed E-state index contributed by atoms with van der Waals surface area (Å²) in [5.41, 5.74) is 2.15. The zero-order valence-electron chi connectivity index (χ0n) is 9.63. The lowest BCUT2D eigenvalue weighted by atomic mass is 10.0. The van der Waals surface area contributed by atoms with Gasteiger partial charge in [-0.05, 0) is 31.0 Å². The van der Waals surface area contributed by atoms with Crippen LogP contribution >= 0.6 is 0 Å². The minimum Gasteiger partial charge on any atom is -0.461 e. The van der Waals surface area contributed by atoms with Crippen LogP contribution in [0.3, 0.4) is 0 Å². The molecular formula is C11H14O5S. The highest BCUT2D eigenvalue weighted by atomic mass is 32.2. The van der Waals surface area contributed by atoms with Gasteiger partial charge < -0.3 is 4.74 Å². The molecule has 0 radical (unpaired) electrons. The summed E-state index contributed by atoms with van der Waals surface area (Å²) in [5.74, 6) is -1.18. The SMILES string of the molecule is Cc1cccc(C(=O)OCCS(=O)(=O)O)c1C. The number of rotatable bonds is 4. The fourth-order valence-corrected chi connectivity index (χ4v) is 1.58. The van der Waals surface area contributed by atoms with Crippen molar-refractivity contribution in [3.05, 3.63) is 34.9 Å². The number of carbonyl (C=O) groups is 1. The Labute approximate surface area is 100 Å². The van der Waals surface area contributed by atoms with E-state index in [0.29, 0.717) is 5.56 Å². The van der Waals surface area contributed by atoms with Crippen LogP contribution in [0.25, 0.3) is 0 Å². The summed E-state index contributed by atoms with van der Waals surface area (Å²) in [6.07, 6.45) is 0. The van der Waals surface area contributed by atoms with E-state index in [-0.39, 0.29) is 6.61 Å². The molecule has 0 aromatic heterocycles. The molecule has 0 spiro atoms. The van der Waals surface area contributed by atoms with Gasteiger partial charge in [0.25, 0.3) is 10.1 Å². The van der Waals surface area contributed by atoms with Crippen molar-refractivity contribution in [2.24, 2.45) is 0 Å². The Morgan fingerprint density at radius 1 is 1.35 bits per heavy atom. The number of hydrogen-bond donors (Lipinski definition) is 1. The maximum absolute atomic E-state index is 11.6. The Hall–Kier alpha value is -1.40. The topological polar surface area (TPSA) is 80.7 Å². The van der Waals surface area contributed by atoms with Crippen LogP contribution in [0.1, 0.15) is 21.5 Å². The summed E-state index contributed by atoms with van der Waals surface area (Å²) in [6, 6.07) is 5.20. The van der Waals surface area contributed by atoms with Crippen molar-refractivity contribution in [1.29, 1.82) is 0 Å². The lowest BCUT2D eigenvalue weighted by Gasteiger charge is -2.08. The molecule has 5 nitrogen and oxygen atoms in total. The van der Waals surface area contributed by atoms with Gasteiger partial charge in [0.2, 0.25) is 0 Å². The number of esters is 1. The molecule has 1 aromatic carbocycles. The van der Waals surface area contributed by atoms with Crippen molar-refractivity contribution in [2.75, 3.05) is 12.4 Å². The van der Waals surface area contributed by atoms with Crippen molar-refractivity contribution < 1.29 is 22.5 Å². The first-order chi connectivity index (χ1) is 7.81. The third kappa shape index (κ3) is 4.16. The Kier molecular flexibility index (Phi) is 4.25. The summed E-state index contributed by atoms with van der Waals surface area (Å²) in [4.78, 5) is 11.6. The standard InChI is InChI=1S/C11H14O5S/c1-8-4-3-5-10(9(8)2)11(12)16-6-7-17(13,14)15/h3-5H,6-7H2,1-2H3,(H,13,14,15). The third-order valence-corrected chi connectivity index (χ3v) is 3.08. The average molecular weight is 258 g/mol. The molecule has 0 aliphatic carbocycles. The quantitative estimate of drug-likeness (QED) is 0.651. The molecule has 0 aliphatic rings. The van der Waals surface area contributed by atoms with Gasteiger partial charge in [0, 0.05) is 0 Å². The van der Waals surface area contributed by atoms with Gasteiger partial charge in [-0.25, -0.2) is 4.79 Å². The first-order valence-corrected chi connectivity index (χ1v) is 6.60. The molecule has 1 N–H and O–H groups in total. The first-order valence-electron chi connectivity index (χ1n) is 5.00.